The third-order valence-electron chi connectivity index (χ3n) is 3.57. The average Bonchev–Trinajstić information content (AvgIpc) is 2.60. The second-order valence-electron chi connectivity index (χ2n) is 4.52. The molecule has 3 aliphatic heterocycles. The van der Waals surface area contributed by atoms with Crippen LogP contribution < -0.4 is 10.6 Å². The Labute approximate surface area is 95.5 Å². The van der Waals surface area contributed by atoms with Crippen molar-refractivity contribution < 1.29 is 9.53 Å². The summed E-state index contributed by atoms with van der Waals surface area (Å²) in [5.74, 6) is 0.164. The maximum absolute atomic E-state index is 11.6. The van der Waals surface area contributed by atoms with Crippen molar-refractivity contribution in [3.8, 4) is 0 Å². The molecule has 3 saturated heterocycles. The smallest absolute Gasteiger partial charge is 0.237 e. The highest BCUT2D eigenvalue weighted by molar-refractivity contribution is 5.85. The van der Waals surface area contributed by atoms with E-state index in [1.807, 2.05) is 0 Å². The van der Waals surface area contributed by atoms with Crippen molar-refractivity contribution >= 4 is 18.3 Å². The fourth-order valence-electron chi connectivity index (χ4n) is 2.59. The van der Waals surface area contributed by atoms with Crippen LogP contribution in [0.3, 0.4) is 0 Å². The Bertz CT molecular complexity index is 258. The Balaban J connectivity index is 0.000000853. The highest BCUT2D eigenvalue weighted by Crippen LogP contribution is 2.34. The molecule has 1 amide bonds. The van der Waals surface area contributed by atoms with E-state index in [2.05, 4.69) is 10.6 Å². The van der Waals surface area contributed by atoms with Crippen molar-refractivity contribution in [2.45, 2.75) is 50.0 Å². The third kappa shape index (κ3) is 1.98. The number of nitrogens with one attached hydrogen (secondary N) is 2. The van der Waals surface area contributed by atoms with E-state index in [0.717, 1.165) is 25.8 Å². The van der Waals surface area contributed by atoms with Crippen LogP contribution in [0.2, 0.25) is 0 Å². The van der Waals surface area contributed by atoms with Crippen LogP contribution in [0.5, 0.6) is 0 Å². The molecular formula is C10H17ClN2O2. The Morgan fingerprint density at radius 1 is 1.33 bits per heavy atom. The van der Waals surface area contributed by atoms with Gasteiger partial charge in [0.2, 0.25) is 5.91 Å². The number of ether oxygens (including phenoxy) is 1. The first-order valence-corrected chi connectivity index (χ1v) is 5.52. The van der Waals surface area contributed by atoms with Crippen molar-refractivity contribution in [1.82, 2.24) is 10.6 Å². The van der Waals surface area contributed by atoms with E-state index in [0.29, 0.717) is 12.2 Å². The van der Waals surface area contributed by atoms with Crippen molar-refractivity contribution in [2.75, 3.05) is 6.54 Å². The summed E-state index contributed by atoms with van der Waals surface area (Å²) in [7, 11) is 0. The molecule has 0 aromatic heterocycles. The summed E-state index contributed by atoms with van der Waals surface area (Å²) in [6.07, 6.45) is 5.01. The van der Waals surface area contributed by atoms with E-state index in [-0.39, 0.29) is 30.4 Å². The standard InChI is InChI=1S/C10H16N2O2.ClH/c13-10(7-3-4-11-7)12-8-5-6-1-2-9(8)14-6;/h6-9,11H,1-5H2,(H,12,13);1H/t6-,7-,8-,9+;/m1./s1. The van der Waals surface area contributed by atoms with Gasteiger partial charge in [0.05, 0.1) is 24.3 Å². The molecule has 86 valence electrons. The quantitative estimate of drug-likeness (QED) is 0.716. The highest BCUT2D eigenvalue weighted by atomic mass is 35.5. The van der Waals surface area contributed by atoms with Gasteiger partial charge in [-0.3, -0.25) is 4.79 Å². The summed E-state index contributed by atoms with van der Waals surface area (Å²) in [4.78, 5) is 11.6. The van der Waals surface area contributed by atoms with E-state index in [4.69, 9.17) is 4.74 Å². The van der Waals surface area contributed by atoms with Crippen molar-refractivity contribution in [2.24, 2.45) is 0 Å². The number of hydrogen-bond donors (Lipinski definition) is 2. The van der Waals surface area contributed by atoms with Crippen LogP contribution in [0, 0.1) is 0 Å². The zero-order valence-electron chi connectivity index (χ0n) is 8.57. The molecule has 0 unspecified atom stereocenters. The molecule has 5 heteroatoms. The summed E-state index contributed by atoms with van der Waals surface area (Å²) < 4.78 is 5.68. The van der Waals surface area contributed by atoms with Crippen LogP contribution in [0.4, 0.5) is 0 Å². The first kappa shape index (κ1) is 11.2. The molecule has 3 rings (SSSR count). The number of halogens is 1. The second kappa shape index (κ2) is 4.28. The Morgan fingerprint density at radius 2 is 2.13 bits per heavy atom. The average molecular weight is 233 g/mol. The first-order chi connectivity index (χ1) is 6.83. The molecule has 4 atom stereocenters. The van der Waals surface area contributed by atoms with Crippen molar-refractivity contribution in [3.63, 3.8) is 0 Å². The normalized spacial score (nSPS) is 41.9. The van der Waals surface area contributed by atoms with Crippen LogP contribution in [-0.2, 0) is 9.53 Å². The molecule has 2 N–H and O–H groups in total. The molecule has 0 saturated carbocycles. The lowest BCUT2D eigenvalue weighted by atomic mass is 9.95. The molecule has 2 bridgehead atoms. The molecule has 0 aromatic rings. The van der Waals surface area contributed by atoms with Crippen LogP contribution in [-0.4, -0.2) is 36.7 Å². The van der Waals surface area contributed by atoms with Gasteiger partial charge in [-0.25, -0.2) is 0 Å². The molecule has 0 aromatic carbocycles. The number of rotatable bonds is 2. The van der Waals surface area contributed by atoms with E-state index in [1.165, 1.54) is 6.42 Å². The van der Waals surface area contributed by atoms with E-state index in [9.17, 15) is 4.79 Å². The molecule has 3 fully saturated rings. The summed E-state index contributed by atoms with van der Waals surface area (Å²) in [5.41, 5.74) is 0. The minimum absolute atomic E-state index is 0. The summed E-state index contributed by atoms with van der Waals surface area (Å²) in [5, 5.41) is 6.20. The largest absolute Gasteiger partial charge is 0.373 e. The van der Waals surface area contributed by atoms with Crippen molar-refractivity contribution in [1.29, 1.82) is 0 Å². The molecular weight excluding hydrogens is 216 g/mol. The molecule has 4 nitrogen and oxygen atoms in total. The third-order valence-corrected chi connectivity index (χ3v) is 3.57. The van der Waals surface area contributed by atoms with Gasteiger partial charge in [-0.2, -0.15) is 0 Å². The number of fused-ring (bicyclic) bond motifs is 2. The molecule has 0 aliphatic carbocycles. The first-order valence-electron chi connectivity index (χ1n) is 5.52. The van der Waals surface area contributed by atoms with Crippen LogP contribution in [0.1, 0.15) is 25.7 Å². The predicted molar refractivity (Wildman–Crippen MR) is 58.1 cm³/mol. The van der Waals surface area contributed by atoms with Crippen LogP contribution >= 0.6 is 12.4 Å². The van der Waals surface area contributed by atoms with Crippen LogP contribution in [0.25, 0.3) is 0 Å². The zero-order valence-corrected chi connectivity index (χ0v) is 9.39. The lowest BCUT2D eigenvalue weighted by Gasteiger charge is -2.29. The second-order valence-corrected chi connectivity index (χ2v) is 4.52. The minimum atomic E-state index is 0. The van der Waals surface area contributed by atoms with Gasteiger partial charge in [0.15, 0.2) is 0 Å². The van der Waals surface area contributed by atoms with Gasteiger partial charge in [-0.15, -0.1) is 12.4 Å². The van der Waals surface area contributed by atoms with Gasteiger partial charge >= 0.3 is 0 Å². The van der Waals surface area contributed by atoms with E-state index < -0.39 is 0 Å². The fourth-order valence-corrected chi connectivity index (χ4v) is 2.59. The Hall–Kier alpha value is -0.320. The summed E-state index contributed by atoms with van der Waals surface area (Å²) in [6, 6.07) is 0.345. The van der Waals surface area contributed by atoms with Crippen LogP contribution in [0.15, 0.2) is 0 Å². The summed E-state index contributed by atoms with van der Waals surface area (Å²) in [6.45, 7) is 0.977. The molecule has 0 radical (unpaired) electrons. The van der Waals surface area contributed by atoms with Gasteiger partial charge in [-0.05, 0) is 32.2 Å². The Morgan fingerprint density at radius 3 is 2.60 bits per heavy atom. The number of hydrogen-bond acceptors (Lipinski definition) is 3. The monoisotopic (exact) mass is 232 g/mol. The number of amides is 1. The highest BCUT2D eigenvalue weighted by Gasteiger charge is 2.42. The Kier molecular flexibility index (Phi) is 3.19. The molecule has 3 aliphatic rings. The SMILES string of the molecule is Cl.O=C(N[C@@H]1C[C@H]2CC[C@@H]1O2)[C@H]1CCN1. The minimum Gasteiger partial charge on any atom is -0.373 e. The summed E-state index contributed by atoms with van der Waals surface area (Å²) >= 11 is 0. The topological polar surface area (TPSA) is 50.4 Å². The van der Waals surface area contributed by atoms with E-state index >= 15 is 0 Å². The maximum atomic E-state index is 11.6. The lowest BCUT2D eigenvalue weighted by Crippen LogP contribution is -2.56. The molecule has 15 heavy (non-hydrogen) atoms. The molecule has 3 heterocycles. The molecule has 0 spiro atoms. The van der Waals surface area contributed by atoms with Gasteiger partial charge in [0.25, 0.3) is 0 Å². The van der Waals surface area contributed by atoms with Gasteiger partial charge in [-0.1, -0.05) is 0 Å². The van der Waals surface area contributed by atoms with Gasteiger partial charge < -0.3 is 15.4 Å². The maximum Gasteiger partial charge on any atom is 0.237 e. The van der Waals surface area contributed by atoms with Crippen molar-refractivity contribution in [3.05, 3.63) is 0 Å². The lowest BCUT2D eigenvalue weighted by molar-refractivity contribution is -0.125. The number of carbonyl (C=O) groups excluding carboxylic acids is 1. The van der Waals surface area contributed by atoms with Gasteiger partial charge in [0, 0.05) is 0 Å². The predicted octanol–water partition coefficient (Wildman–Crippen LogP) is 0.206. The zero-order chi connectivity index (χ0) is 9.54. The van der Waals surface area contributed by atoms with Gasteiger partial charge in [0.1, 0.15) is 0 Å². The fraction of sp³-hybridized carbons (Fsp3) is 0.900. The van der Waals surface area contributed by atoms with E-state index in [1.54, 1.807) is 0 Å². The number of carbonyl (C=O) groups is 1.